The lowest BCUT2D eigenvalue weighted by atomic mass is 9.47. The van der Waals surface area contributed by atoms with Gasteiger partial charge in [0, 0.05) is 0 Å². The van der Waals surface area contributed by atoms with E-state index in [-0.39, 0.29) is 11.5 Å². The molecule has 3 fully saturated rings. The van der Waals surface area contributed by atoms with E-state index in [4.69, 9.17) is 0 Å². The molecule has 128 valence electrons. The zero-order valence-electron chi connectivity index (χ0n) is 15.4. The number of fused-ring (bicyclic) bond motifs is 5. The number of allylic oxidation sites excluding steroid dienone is 3. The first-order valence-electron chi connectivity index (χ1n) is 9.94. The second kappa shape index (κ2) is 5.22. The molecule has 0 aromatic heterocycles. The molecular weight excluding hydrogens is 280 g/mol. The lowest BCUT2D eigenvalue weighted by molar-refractivity contribution is -0.0185. The minimum atomic E-state index is -0.182. The largest absolute Gasteiger partial charge is 0.389 e. The molecule has 1 N–H and O–H groups in total. The van der Waals surface area contributed by atoms with E-state index in [2.05, 4.69) is 39.8 Å². The van der Waals surface area contributed by atoms with Gasteiger partial charge >= 0.3 is 0 Å². The van der Waals surface area contributed by atoms with E-state index in [1.807, 2.05) is 0 Å². The smallest absolute Gasteiger partial charge is 0.0758 e. The molecule has 4 aliphatic rings. The Hall–Kier alpha value is -0.560. The highest BCUT2D eigenvalue weighted by Crippen LogP contribution is 2.66. The number of rotatable bonds is 0. The Morgan fingerprint density at radius 2 is 1.87 bits per heavy atom. The van der Waals surface area contributed by atoms with Gasteiger partial charge in [0.05, 0.1) is 6.10 Å². The summed E-state index contributed by atoms with van der Waals surface area (Å²) in [5.74, 6) is 3.22. The summed E-state index contributed by atoms with van der Waals surface area (Å²) in [5.41, 5.74) is 3.85. The summed E-state index contributed by atoms with van der Waals surface area (Å²) < 4.78 is 0. The Morgan fingerprint density at radius 1 is 1.13 bits per heavy atom. The zero-order chi connectivity index (χ0) is 16.4. The van der Waals surface area contributed by atoms with Crippen LogP contribution in [0.4, 0.5) is 0 Å². The van der Waals surface area contributed by atoms with E-state index in [9.17, 15) is 5.11 Å². The van der Waals surface area contributed by atoms with Gasteiger partial charge < -0.3 is 5.11 Å². The zero-order valence-corrected chi connectivity index (χ0v) is 15.4. The molecule has 0 amide bonds. The lowest BCUT2D eigenvalue weighted by Crippen LogP contribution is -2.49. The highest BCUT2D eigenvalue weighted by atomic mass is 16.3. The molecule has 1 heteroatoms. The molecule has 0 radical (unpaired) electrons. The maximum Gasteiger partial charge on any atom is 0.0758 e. The fraction of sp³-hybridized carbons (Fsp3) is 0.818. The molecule has 4 aliphatic carbocycles. The van der Waals surface area contributed by atoms with E-state index in [1.54, 1.807) is 5.57 Å². The van der Waals surface area contributed by atoms with Gasteiger partial charge in [0.2, 0.25) is 0 Å². The van der Waals surface area contributed by atoms with Gasteiger partial charge in [-0.05, 0) is 91.9 Å². The molecule has 4 rings (SSSR count). The molecule has 0 spiro atoms. The van der Waals surface area contributed by atoms with Crippen LogP contribution in [0.15, 0.2) is 23.3 Å². The molecule has 0 heterocycles. The highest BCUT2D eigenvalue weighted by Gasteiger charge is 2.58. The van der Waals surface area contributed by atoms with Crippen LogP contribution in [0.25, 0.3) is 0 Å². The molecule has 3 saturated carbocycles. The van der Waals surface area contributed by atoms with Gasteiger partial charge in [0.1, 0.15) is 0 Å². The summed E-state index contributed by atoms with van der Waals surface area (Å²) in [6, 6.07) is 0. The van der Waals surface area contributed by atoms with Crippen LogP contribution in [0.5, 0.6) is 0 Å². The second-order valence-corrected chi connectivity index (χ2v) is 9.56. The number of hydrogen-bond acceptors (Lipinski definition) is 1. The van der Waals surface area contributed by atoms with E-state index >= 15 is 0 Å². The summed E-state index contributed by atoms with van der Waals surface area (Å²) in [5, 5.41) is 10.6. The molecule has 0 unspecified atom stereocenters. The monoisotopic (exact) mass is 314 g/mol. The standard InChI is InChI=1S/C22H34O/c1-5-17-20(23)13-19-16-7-6-15-12-14(2)8-10-21(15,3)18(16)9-11-22(17,19)4/h5-6,14,16,18-20,23H,7-13H2,1-4H3/b17-5-/t14-,16+,18-,19-,20+,21-,22+/m0/s1. The van der Waals surface area contributed by atoms with Crippen molar-refractivity contribution in [2.45, 2.75) is 78.7 Å². The van der Waals surface area contributed by atoms with Crippen molar-refractivity contribution in [3.63, 3.8) is 0 Å². The van der Waals surface area contributed by atoms with Crippen LogP contribution in [0.1, 0.15) is 72.6 Å². The third-order valence-corrected chi connectivity index (χ3v) is 8.55. The molecule has 0 bridgehead atoms. The van der Waals surface area contributed by atoms with Crippen molar-refractivity contribution in [3.8, 4) is 0 Å². The predicted molar refractivity (Wildman–Crippen MR) is 96.0 cm³/mol. The topological polar surface area (TPSA) is 20.2 Å². The number of aliphatic hydroxyl groups is 1. The molecule has 0 aromatic rings. The van der Waals surface area contributed by atoms with Crippen molar-refractivity contribution in [2.75, 3.05) is 0 Å². The maximum atomic E-state index is 10.6. The maximum absolute atomic E-state index is 10.6. The van der Waals surface area contributed by atoms with Crippen molar-refractivity contribution in [1.82, 2.24) is 0 Å². The first-order valence-corrected chi connectivity index (χ1v) is 9.94. The summed E-state index contributed by atoms with van der Waals surface area (Å²) in [4.78, 5) is 0. The van der Waals surface area contributed by atoms with Crippen LogP contribution < -0.4 is 0 Å². The molecule has 7 atom stereocenters. The van der Waals surface area contributed by atoms with Crippen LogP contribution >= 0.6 is 0 Å². The van der Waals surface area contributed by atoms with E-state index in [0.29, 0.717) is 11.3 Å². The van der Waals surface area contributed by atoms with E-state index in [0.717, 1.165) is 24.2 Å². The summed E-state index contributed by atoms with van der Waals surface area (Å²) in [6.07, 6.45) is 13.7. The normalized spacial score (nSPS) is 54.2. The van der Waals surface area contributed by atoms with Gasteiger partial charge in [-0.15, -0.1) is 0 Å². The van der Waals surface area contributed by atoms with Crippen LogP contribution in [-0.4, -0.2) is 11.2 Å². The predicted octanol–water partition coefficient (Wildman–Crippen LogP) is 5.50. The summed E-state index contributed by atoms with van der Waals surface area (Å²) in [7, 11) is 0. The third kappa shape index (κ3) is 2.08. The Morgan fingerprint density at radius 3 is 2.61 bits per heavy atom. The van der Waals surface area contributed by atoms with Crippen LogP contribution in [0.2, 0.25) is 0 Å². The molecule has 1 nitrogen and oxygen atoms in total. The highest BCUT2D eigenvalue weighted by molar-refractivity contribution is 5.31. The average Bonchev–Trinajstić information content (AvgIpc) is 2.77. The molecule has 23 heavy (non-hydrogen) atoms. The second-order valence-electron chi connectivity index (χ2n) is 9.56. The molecule has 0 aromatic carbocycles. The quantitative estimate of drug-likeness (QED) is 0.585. The number of hydrogen-bond donors (Lipinski definition) is 1. The fourth-order valence-corrected chi connectivity index (χ4v) is 7.23. The van der Waals surface area contributed by atoms with Crippen molar-refractivity contribution in [3.05, 3.63) is 23.3 Å². The molecular formula is C22H34O. The first kappa shape index (κ1) is 15.9. The van der Waals surface area contributed by atoms with Gasteiger partial charge in [-0.2, -0.15) is 0 Å². The minimum Gasteiger partial charge on any atom is -0.389 e. The Balaban J connectivity index is 1.70. The van der Waals surface area contributed by atoms with E-state index in [1.165, 1.54) is 44.1 Å². The molecule has 0 aliphatic heterocycles. The Kier molecular flexibility index (Phi) is 3.61. The van der Waals surface area contributed by atoms with Gasteiger partial charge in [-0.25, -0.2) is 0 Å². The molecule has 0 saturated heterocycles. The van der Waals surface area contributed by atoms with Crippen LogP contribution in [0, 0.1) is 34.5 Å². The summed E-state index contributed by atoms with van der Waals surface area (Å²) in [6.45, 7) is 9.58. The van der Waals surface area contributed by atoms with Gasteiger partial charge in [0.15, 0.2) is 0 Å². The Labute approximate surface area is 142 Å². The third-order valence-electron chi connectivity index (χ3n) is 8.55. The lowest BCUT2D eigenvalue weighted by Gasteiger charge is -2.57. The average molecular weight is 315 g/mol. The van der Waals surface area contributed by atoms with Gasteiger partial charge in [-0.3, -0.25) is 0 Å². The van der Waals surface area contributed by atoms with Crippen LogP contribution in [-0.2, 0) is 0 Å². The van der Waals surface area contributed by atoms with Crippen molar-refractivity contribution < 1.29 is 5.11 Å². The number of aliphatic hydroxyl groups excluding tert-OH is 1. The summed E-state index contributed by atoms with van der Waals surface area (Å²) >= 11 is 0. The van der Waals surface area contributed by atoms with Crippen molar-refractivity contribution >= 4 is 0 Å². The van der Waals surface area contributed by atoms with Crippen LogP contribution in [0.3, 0.4) is 0 Å². The fourth-order valence-electron chi connectivity index (χ4n) is 7.23. The first-order chi connectivity index (χ1) is 10.9. The SMILES string of the molecule is C/C=C1/[C@H](O)C[C@H]2[C@@H]3CC=C4C[C@@H](C)CC[C@]4(C)[C@H]3CC[C@]12C. The van der Waals surface area contributed by atoms with Gasteiger partial charge in [-0.1, -0.05) is 38.5 Å². The van der Waals surface area contributed by atoms with Crippen molar-refractivity contribution in [1.29, 1.82) is 0 Å². The van der Waals surface area contributed by atoms with E-state index < -0.39 is 0 Å². The van der Waals surface area contributed by atoms with Crippen molar-refractivity contribution in [2.24, 2.45) is 34.5 Å². The van der Waals surface area contributed by atoms with Gasteiger partial charge in [0.25, 0.3) is 0 Å². The minimum absolute atomic E-state index is 0.182. The Bertz CT molecular complexity index is 558.